The second kappa shape index (κ2) is 12.2. The maximum Gasteiger partial charge on any atom is 0.410 e. The molecule has 2 aliphatic heterocycles. The number of amides is 1. The van der Waals surface area contributed by atoms with E-state index in [0.29, 0.717) is 49.0 Å². The summed E-state index contributed by atoms with van der Waals surface area (Å²) in [6.45, 7) is 7.39. The van der Waals surface area contributed by atoms with Gasteiger partial charge in [-0.1, -0.05) is 6.07 Å². The lowest BCUT2D eigenvalue weighted by atomic mass is 10.1. The number of nitrogens with zero attached hydrogens (tertiary/aromatic N) is 7. The van der Waals surface area contributed by atoms with Crippen LogP contribution in [0.25, 0.3) is 33.5 Å². The van der Waals surface area contributed by atoms with Crippen molar-refractivity contribution in [1.82, 2.24) is 34.6 Å². The van der Waals surface area contributed by atoms with E-state index in [-0.39, 0.29) is 18.4 Å². The van der Waals surface area contributed by atoms with Crippen LogP contribution >= 0.6 is 0 Å². The number of piperidine rings is 1. The highest BCUT2D eigenvalue weighted by molar-refractivity contribution is 5.95. The third kappa shape index (κ3) is 6.85. The van der Waals surface area contributed by atoms with Gasteiger partial charge in [0.05, 0.1) is 30.1 Å². The van der Waals surface area contributed by atoms with Gasteiger partial charge >= 0.3 is 6.09 Å². The van der Waals surface area contributed by atoms with Crippen LogP contribution in [0.2, 0.25) is 0 Å². The van der Waals surface area contributed by atoms with Gasteiger partial charge in [0.1, 0.15) is 23.1 Å². The number of anilines is 1. The molecule has 1 aromatic carbocycles. The number of hydrogen-bond donors (Lipinski definition) is 1. The Morgan fingerprint density at radius 1 is 1.02 bits per heavy atom. The summed E-state index contributed by atoms with van der Waals surface area (Å²) in [5.74, 6) is 1.04. The molecule has 3 aliphatic rings. The predicted octanol–water partition coefficient (Wildman–Crippen LogP) is 6.00. The Morgan fingerprint density at radius 2 is 1.91 bits per heavy atom. The first-order valence-electron chi connectivity index (χ1n) is 16.0. The number of rotatable bonds is 7. The van der Waals surface area contributed by atoms with Gasteiger partial charge in [-0.25, -0.2) is 24.4 Å². The zero-order valence-electron chi connectivity index (χ0n) is 26.1. The summed E-state index contributed by atoms with van der Waals surface area (Å²) >= 11 is 0. The van der Waals surface area contributed by atoms with Gasteiger partial charge in [-0.05, 0) is 83.9 Å². The molecule has 2 atom stereocenters. The van der Waals surface area contributed by atoms with E-state index < -0.39 is 5.60 Å². The quantitative estimate of drug-likeness (QED) is 0.265. The van der Waals surface area contributed by atoms with Gasteiger partial charge < -0.3 is 24.4 Å². The fourth-order valence-electron chi connectivity index (χ4n) is 5.84. The maximum atomic E-state index is 12.7. The molecule has 0 spiro atoms. The molecule has 1 saturated carbocycles. The molecule has 12 heteroatoms. The first kappa shape index (κ1) is 29.4. The van der Waals surface area contributed by atoms with E-state index in [2.05, 4.69) is 33.5 Å². The van der Waals surface area contributed by atoms with Crippen molar-refractivity contribution in [3.05, 3.63) is 42.9 Å². The highest BCUT2D eigenvalue weighted by atomic mass is 16.6. The summed E-state index contributed by atoms with van der Waals surface area (Å²) in [5, 5.41) is 9.38. The average molecular weight is 613 g/mol. The van der Waals surface area contributed by atoms with Gasteiger partial charge in [0, 0.05) is 36.3 Å². The molecule has 3 aromatic heterocycles. The Morgan fingerprint density at radius 3 is 2.71 bits per heavy atom. The number of fused-ring (bicyclic) bond motifs is 1. The van der Waals surface area contributed by atoms with Crippen molar-refractivity contribution in [3.8, 4) is 28.5 Å². The first-order valence-corrected chi connectivity index (χ1v) is 16.0. The summed E-state index contributed by atoms with van der Waals surface area (Å²) in [7, 11) is 0. The van der Waals surface area contributed by atoms with E-state index >= 15 is 0 Å². The third-order valence-electron chi connectivity index (χ3n) is 8.17. The Bertz CT molecular complexity index is 1670. The molecule has 1 aliphatic carbocycles. The van der Waals surface area contributed by atoms with Gasteiger partial charge in [-0.15, -0.1) is 0 Å². The fraction of sp³-hybridized carbons (Fsp3) is 0.515. The van der Waals surface area contributed by atoms with Crippen LogP contribution in [0, 0.1) is 0 Å². The number of hydrogen-bond acceptors (Lipinski definition) is 10. The average Bonchev–Trinajstić information content (AvgIpc) is 3.77. The largest absolute Gasteiger partial charge is 0.471 e. The zero-order chi connectivity index (χ0) is 31.0. The number of nitrogens with one attached hydrogen (secondary N) is 1. The number of aromatic nitrogens is 6. The van der Waals surface area contributed by atoms with E-state index in [9.17, 15) is 4.79 Å². The first-order chi connectivity index (χ1) is 21.8. The molecule has 236 valence electrons. The standard InChI is InChI=1S/C33H40N8O4/c1-33(2,3)45-32(42)40-15-6-7-23(20-40)44-28-19-34-18-26(37-28)30-24-17-21(25-13-14-35-31(38-25)36-22-10-11-22)9-12-27(24)41(39-30)29-8-4-5-16-43-29/h9,12-14,17-19,22-23,29H,4-8,10-11,15-16,20H2,1-3H3,(H,35,36,38). The van der Waals surface area contributed by atoms with E-state index in [4.69, 9.17) is 29.3 Å². The molecule has 1 N–H and O–H groups in total. The van der Waals surface area contributed by atoms with Crippen LogP contribution in [-0.4, -0.2) is 78.2 Å². The van der Waals surface area contributed by atoms with Crippen molar-refractivity contribution < 1.29 is 19.0 Å². The smallest absolute Gasteiger partial charge is 0.410 e. The summed E-state index contributed by atoms with van der Waals surface area (Å²) in [6, 6.07) is 8.64. The summed E-state index contributed by atoms with van der Waals surface area (Å²) in [5.41, 5.74) is 3.49. The van der Waals surface area contributed by atoms with E-state index in [0.717, 1.165) is 67.1 Å². The number of benzene rings is 1. The molecule has 7 rings (SSSR count). The molecule has 5 heterocycles. The molecule has 2 unspecified atom stereocenters. The second-order valence-corrected chi connectivity index (χ2v) is 13.1. The molecule has 45 heavy (non-hydrogen) atoms. The van der Waals surface area contributed by atoms with Crippen LogP contribution in [0.1, 0.15) is 71.9 Å². The van der Waals surface area contributed by atoms with Crippen molar-refractivity contribution in [2.24, 2.45) is 0 Å². The summed E-state index contributed by atoms with van der Waals surface area (Å²) in [4.78, 5) is 32.9. The summed E-state index contributed by atoms with van der Waals surface area (Å²) < 4.78 is 20.0. The molecular formula is C33H40N8O4. The highest BCUT2D eigenvalue weighted by Gasteiger charge is 2.29. The monoisotopic (exact) mass is 612 g/mol. The van der Waals surface area contributed by atoms with Crippen molar-refractivity contribution in [1.29, 1.82) is 0 Å². The molecular weight excluding hydrogens is 572 g/mol. The van der Waals surface area contributed by atoms with Crippen molar-refractivity contribution in [3.63, 3.8) is 0 Å². The lowest BCUT2D eigenvalue weighted by Crippen LogP contribution is -2.46. The molecule has 3 fully saturated rings. The van der Waals surface area contributed by atoms with Crippen LogP contribution in [-0.2, 0) is 9.47 Å². The van der Waals surface area contributed by atoms with E-state index in [1.807, 2.05) is 31.5 Å². The normalized spacial score (nSPS) is 20.6. The topological polar surface area (TPSA) is 129 Å². The Balaban J connectivity index is 1.19. The summed E-state index contributed by atoms with van der Waals surface area (Å²) in [6.07, 6.45) is 11.4. The van der Waals surface area contributed by atoms with Crippen molar-refractivity contribution in [2.45, 2.75) is 89.7 Å². The second-order valence-electron chi connectivity index (χ2n) is 13.1. The molecule has 0 radical (unpaired) electrons. The number of carbonyl (C=O) groups excluding carboxylic acids is 1. The van der Waals surface area contributed by atoms with Gasteiger partial charge in [0.2, 0.25) is 11.8 Å². The number of ether oxygens (including phenoxy) is 3. The minimum atomic E-state index is -0.553. The third-order valence-corrected chi connectivity index (χ3v) is 8.17. The van der Waals surface area contributed by atoms with Crippen LogP contribution in [0.4, 0.5) is 10.7 Å². The molecule has 4 aromatic rings. The van der Waals surface area contributed by atoms with Crippen LogP contribution < -0.4 is 10.1 Å². The zero-order valence-corrected chi connectivity index (χ0v) is 26.1. The van der Waals surface area contributed by atoms with Gasteiger partial charge in [0.25, 0.3) is 0 Å². The minimum absolute atomic E-state index is 0.150. The van der Waals surface area contributed by atoms with Crippen molar-refractivity contribution >= 4 is 22.9 Å². The SMILES string of the molecule is CC(C)(C)OC(=O)N1CCCC(Oc2cncc(-c3nn(C4CCCCO4)c4ccc(-c5ccnc(NC6CC6)n5)cc34)n2)C1. The van der Waals surface area contributed by atoms with Crippen LogP contribution in [0.3, 0.4) is 0 Å². The van der Waals surface area contributed by atoms with Gasteiger partial charge in [-0.3, -0.25) is 4.98 Å². The van der Waals surface area contributed by atoms with E-state index in [1.165, 1.54) is 0 Å². The highest BCUT2D eigenvalue weighted by Crippen LogP contribution is 2.35. The Labute approximate surface area is 262 Å². The van der Waals surface area contributed by atoms with Gasteiger partial charge in [0.15, 0.2) is 6.23 Å². The lowest BCUT2D eigenvalue weighted by molar-refractivity contribution is -0.0365. The fourth-order valence-corrected chi connectivity index (χ4v) is 5.84. The lowest BCUT2D eigenvalue weighted by Gasteiger charge is -2.33. The van der Waals surface area contributed by atoms with Gasteiger partial charge in [-0.2, -0.15) is 5.10 Å². The molecule has 0 bridgehead atoms. The molecule has 1 amide bonds. The van der Waals surface area contributed by atoms with Crippen molar-refractivity contribution in [2.75, 3.05) is 25.0 Å². The molecule has 2 saturated heterocycles. The molecule has 12 nitrogen and oxygen atoms in total. The Kier molecular flexibility index (Phi) is 7.99. The van der Waals surface area contributed by atoms with Crippen LogP contribution in [0.5, 0.6) is 5.88 Å². The minimum Gasteiger partial charge on any atom is -0.471 e. The predicted molar refractivity (Wildman–Crippen MR) is 169 cm³/mol. The Hall–Kier alpha value is -4.32. The maximum absolute atomic E-state index is 12.7. The van der Waals surface area contributed by atoms with E-state index in [1.54, 1.807) is 23.5 Å². The number of likely N-dealkylation sites (tertiary alicyclic amines) is 1. The number of carbonyl (C=O) groups is 1. The van der Waals surface area contributed by atoms with Crippen LogP contribution in [0.15, 0.2) is 42.9 Å².